The number of piperidine rings is 1. The lowest BCUT2D eigenvalue weighted by atomic mass is 9.81. The van der Waals surface area contributed by atoms with Crippen LogP contribution in [0.5, 0.6) is 0 Å². The van der Waals surface area contributed by atoms with Gasteiger partial charge in [-0.2, -0.15) is 0 Å². The largest absolute Gasteiger partial charge is 0.481 e. The van der Waals surface area contributed by atoms with Crippen molar-refractivity contribution >= 4 is 11.9 Å². The van der Waals surface area contributed by atoms with Gasteiger partial charge in [-0.25, -0.2) is 0 Å². The van der Waals surface area contributed by atoms with Gasteiger partial charge in [0.1, 0.15) is 0 Å². The number of rotatable bonds is 4. The lowest BCUT2D eigenvalue weighted by molar-refractivity contribution is -0.139. The fraction of sp³-hybridized carbons (Fsp3) is 0.875. The average Bonchev–Trinajstić information content (AvgIpc) is 2.44. The Morgan fingerprint density at radius 3 is 2.70 bits per heavy atom. The van der Waals surface area contributed by atoms with Crippen LogP contribution in [0.4, 0.5) is 0 Å². The van der Waals surface area contributed by atoms with E-state index in [9.17, 15) is 9.59 Å². The summed E-state index contributed by atoms with van der Waals surface area (Å²) in [6, 6.07) is 0. The molecule has 4 heteroatoms. The highest BCUT2D eigenvalue weighted by molar-refractivity contribution is 5.79. The molecular formula is C16H27NO3. The van der Waals surface area contributed by atoms with Gasteiger partial charge in [0, 0.05) is 25.4 Å². The fourth-order valence-electron chi connectivity index (χ4n) is 3.75. The second kappa shape index (κ2) is 7.09. The molecule has 0 bridgehead atoms. The summed E-state index contributed by atoms with van der Waals surface area (Å²) in [5, 5.41) is 8.77. The summed E-state index contributed by atoms with van der Waals surface area (Å²) in [6.07, 6.45) is 7.54. The highest BCUT2D eigenvalue weighted by atomic mass is 16.4. The summed E-state index contributed by atoms with van der Waals surface area (Å²) in [7, 11) is 0. The standard InChI is InChI=1S/C16H27NO3/c1-12-4-2-6-14(10-12)16(20)17-9-3-5-13(11-17)7-8-15(18)19/h12-14H,2-11H2,1H3,(H,18,19)/t12-,13-,14+/m1/s1. The summed E-state index contributed by atoms with van der Waals surface area (Å²) < 4.78 is 0. The van der Waals surface area contributed by atoms with Gasteiger partial charge in [-0.05, 0) is 43.9 Å². The van der Waals surface area contributed by atoms with E-state index in [1.54, 1.807) is 0 Å². The van der Waals surface area contributed by atoms with E-state index in [1.807, 2.05) is 4.90 Å². The Bertz CT molecular complexity index is 356. The van der Waals surface area contributed by atoms with E-state index < -0.39 is 5.97 Å². The first kappa shape index (κ1) is 15.3. The first-order valence-corrected chi connectivity index (χ1v) is 8.07. The topological polar surface area (TPSA) is 57.6 Å². The number of carbonyl (C=O) groups is 2. The number of nitrogens with zero attached hydrogens (tertiary/aromatic N) is 1. The molecule has 114 valence electrons. The lowest BCUT2D eigenvalue weighted by Gasteiger charge is -2.36. The van der Waals surface area contributed by atoms with E-state index in [2.05, 4.69) is 6.92 Å². The molecule has 0 aromatic rings. The maximum atomic E-state index is 12.6. The zero-order valence-electron chi connectivity index (χ0n) is 12.5. The molecule has 4 nitrogen and oxygen atoms in total. The average molecular weight is 281 g/mol. The molecule has 1 aliphatic heterocycles. The molecule has 3 atom stereocenters. The van der Waals surface area contributed by atoms with Crippen LogP contribution in [-0.2, 0) is 9.59 Å². The highest BCUT2D eigenvalue weighted by Crippen LogP contribution is 2.31. The van der Waals surface area contributed by atoms with Gasteiger partial charge in [0.15, 0.2) is 0 Å². The molecule has 0 unspecified atom stereocenters. The SMILES string of the molecule is C[C@@H]1CCC[C@H](C(=O)N2CCC[C@H](CCC(=O)O)C2)C1. The van der Waals surface area contributed by atoms with Crippen molar-refractivity contribution in [2.75, 3.05) is 13.1 Å². The number of aliphatic carboxylic acids is 1. The molecule has 1 amide bonds. The predicted molar refractivity (Wildman–Crippen MR) is 77.3 cm³/mol. The molecular weight excluding hydrogens is 254 g/mol. The molecule has 2 fully saturated rings. The number of carbonyl (C=O) groups excluding carboxylic acids is 1. The molecule has 0 aromatic carbocycles. The molecule has 1 saturated carbocycles. The normalized spacial score (nSPS) is 31.1. The van der Waals surface area contributed by atoms with E-state index in [0.29, 0.717) is 24.2 Å². The van der Waals surface area contributed by atoms with Crippen LogP contribution in [0, 0.1) is 17.8 Å². The minimum absolute atomic E-state index is 0.219. The third-order valence-corrected chi connectivity index (χ3v) is 4.88. The van der Waals surface area contributed by atoms with Crippen LogP contribution in [0.15, 0.2) is 0 Å². The highest BCUT2D eigenvalue weighted by Gasteiger charge is 2.31. The number of amides is 1. The predicted octanol–water partition coefficient (Wildman–Crippen LogP) is 2.92. The summed E-state index contributed by atoms with van der Waals surface area (Å²) in [5.74, 6) is 0.873. The quantitative estimate of drug-likeness (QED) is 0.862. The van der Waals surface area contributed by atoms with E-state index in [0.717, 1.165) is 38.8 Å². The van der Waals surface area contributed by atoms with Crippen LogP contribution in [0.3, 0.4) is 0 Å². The maximum Gasteiger partial charge on any atom is 0.303 e. The van der Waals surface area contributed by atoms with Gasteiger partial charge in [0.25, 0.3) is 0 Å². The Labute approximate surface area is 121 Å². The Balaban J connectivity index is 1.84. The monoisotopic (exact) mass is 281 g/mol. The zero-order valence-corrected chi connectivity index (χ0v) is 12.5. The molecule has 0 radical (unpaired) electrons. The van der Waals surface area contributed by atoms with E-state index >= 15 is 0 Å². The Morgan fingerprint density at radius 2 is 2.00 bits per heavy atom. The molecule has 1 aliphatic carbocycles. The van der Waals surface area contributed by atoms with Crippen LogP contribution in [0.1, 0.15) is 58.3 Å². The first-order valence-electron chi connectivity index (χ1n) is 8.07. The van der Waals surface area contributed by atoms with Crippen molar-refractivity contribution in [2.45, 2.75) is 58.3 Å². The van der Waals surface area contributed by atoms with Gasteiger partial charge in [-0.3, -0.25) is 9.59 Å². The van der Waals surface area contributed by atoms with Gasteiger partial charge >= 0.3 is 5.97 Å². The van der Waals surface area contributed by atoms with Crippen LogP contribution >= 0.6 is 0 Å². The second-order valence-electron chi connectivity index (χ2n) is 6.69. The Hall–Kier alpha value is -1.06. The molecule has 2 rings (SSSR count). The van der Waals surface area contributed by atoms with Crippen LogP contribution in [-0.4, -0.2) is 35.0 Å². The Morgan fingerprint density at radius 1 is 1.20 bits per heavy atom. The minimum Gasteiger partial charge on any atom is -0.481 e. The van der Waals surface area contributed by atoms with Crippen LogP contribution < -0.4 is 0 Å². The summed E-state index contributed by atoms with van der Waals surface area (Å²) in [6.45, 7) is 3.88. The second-order valence-corrected chi connectivity index (χ2v) is 6.69. The van der Waals surface area contributed by atoms with Gasteiger partial charge in [0.05, 0.1) is 0 Å². The maximum absolute atomic E-state index is 12.6. The number of hydrogen-bond acceptors (Lipinski definition) is 2. The molecule has 1 N–H and O–H groups in total. The molecule has 2 aliphatic rings. The van der Waals surface area contributed by atoms with Gasteiger partial charge in [-0.1, -0.05) is 19.8 Å². The number of carboxylic acids is 1. The van der Waals surface area contributed by atoms with E-state index in [-0.39, 0.29) is 12.3 Å². The number of likely N-dealkylation sites (tertiary alicyclic amines) is 1. The molecule has 0 aromatic heterocycles. The first-order chi connectivity index (χ1) is 9.56. The van der Waals surface area contributed by atoms with Crippen molar-refractivity contribution in [2.24, 2.45) is 17.8 Å². The summed E-state index contributed by atoms with van der Waals surface area (Å²) in [5.41, 5.74) is 0. The third-order valence-electron chi connectivity index (χ3n) is 4.88. The fourth-order valence-corrected chi connectivity index (χ4v) is 3.75. The van der Waals surface area contributed by atoms with Crippen molar-refractivity contribution in [1.82, 2.24) is 4.90 Å². The van der Waals surface area contributed by atoms with Gasteiger partial charge in [-0.15, -0.1) is 0 Å². The van der Waals surface area contributed by atoms with Crippen molar-refractivity contribution in [1.29, 1.82) is 0 Å². The van der Waals surface area contributed by atoms with E-state index in [1.165, 1.54) is 12.8 Å². The smallest absolute Gasteiger partial charge is 0.303 e. The number of hydrogen-bond donors (Lipinski definition) is 1. The van der Waals surface area contributed by atoms with Crippen molar-refractivity contribution in [3.8, 4) is 0 Å². The molecule has 20 heavy (non-hydrogen) atoms. The van der Waals surface area contributed by atoms with Crippen molar-refractivity contribution < 1.29 is 14.7 Å². The van der Waals surface area contributed by atoms with Gasteiger partial charge in [0.2, 0.25) is 5.91 Å². The van der Waals surface area contributed by atoms with Crippen LogP contribution in [0.2, 0.25) is 0 Å². The molecule has 1 saturated heterocycles. The summed E-state index contributed by atoms with van der Waals surface area (Å²) >= 11 is 0. The lowest BCUT2D eigenvalue weighted by Crippen LogP contribution is -2.44. The van der Waals surface area contributed by atoms with Crippen molar-refractivity contribution in [3.05, 3.63) is 0 Å². The summed E-state index contributed by atoms with van der Waals surface area (Å²) in [4.78, 5) is 25.3. The van der Waals surface area contributed by atoms with Gasteiger partial charge < -0.3 is 10.0 Å². The van der Waals surface area contributed by atoms with Crippen molar-refractivity contribution in [3.63, 3.8) is 0 Å². The number of carboxylic acid groups (broad SMARTS) is 1. The minimum atomic E-state index is -0.727. The zero-order chi connectivity index (χ0) is 14.5. The molecule has 0 spiro atoms. The van der Waals surface area contributed by atoms with E-state index in [4.69, 9.17) is 5.11 Å². The molecule has 1 heterocycles. The third kappa shape index (κ3) is 4.22. The van der Waals surface area contributed by atoms with Crippen LogP contribution in [0.25, 0.3) is 0 Å². The Kier molecular flexibility index (Phi) is 5.44.